The minimum Gasteiger partial charge on any atom is -0.468 e. The number of ether oxygens (including phenoxy) is 1. The van der Waals surface area contributed by atoms with Crippen molar-refractivity contribution < 1.29 is 14.3 Å². The van der Waals surface area contributed by atoms with Crippen molar-refractivity contribution in [3.05, 3.63) is 22.4 Å². The summed E-state index contributed by atoms with van der Waals surface area (Å²) in [4.78, 5) is 26.4. The number of rotatable bonds is 7. The highest BCUT2D eigenvalue weighted by Crippen LogP contribution is 2.11. The number of nitrogens with zero attached hydrogens (tertiary/aromatic N) is 1. The molecule has 0 saturated heterocycles. The number of amides is 1. The highest BCUT2D eigenvalue weighted by atomic mass is 32.1. The molecule has 0 fully saturated rings. The third kappa shape index (κ3) is 4.94. The van der Waals surface area contributed by atoms with Crippen molar-refractivity contribution in [3.8, 4) is 0 Å². The molecule has 1 amide bonds. The van der Waals surface area contributed by atoms with E-state index in [2.05, 4.69) is 5.32 Å². The molecule has 0 bridgehead atoms. The molecule has 0 aliphatic rings. The normalized spacial score (nSPS) is 12.2. The Bertz CT molecular complexity index is 432. The lowest BCUT2D eigenvalue weighted by Crippen LogP contribution is -2.46. The molecule has 1 rings (SSSR count). The molecule has 0 saturated carbocycles. The van der Waals surface area contributed by atoms with Crippen molar-refractivity contribution in [2.24, 2.45) is 5.92 Å². The van der Waals surface area contributed by atoms with Gasteiger partial charge in [-0.15, -0.1) is 11.3 Å². The van der Waals surface area contributed by atoms with Crippen LogP contribution in [0.5, 0.6) is 0 Å². The molecule has 20 heavy (non-hydrogen) atoms. The molecule has 1 N–H and O–H groups in total. The second-order valence-corrected chi connectivity index (χ2v) is 5.99. The molecule has 0 aliphatic heterocycles. The lowest BCUT2D eigenvalue weighted by Gasteiger charge is -2.22. The average molecular weight is 298 g/mol. The number of esters is 1. The number of hydrogen-bond acceptors (Lipinski definition) is 5. The van der Waals surface area contributed by atoms with Gasteiger partial charge in [-0.25, -0.2) is 0 Å². The molecule has 0 aliphatic carbocycles. The largest absolute Gasteiger partial charge is 0.468 e. The Morgan fingerprint density at radius 2 is 2.15 bits per heavy atom. The van der Waals surface area contributed by atoms with Crippen molar-refractivity contribution in [1.82, 2.24) is 10.2 Å². The van der Waals surface area contributed by atoms with E-state index in [9.17, 15) is 9.59 Å². The van der Waals surface area contributed by atoms with E-state index in [-0.39, 0.29) is 24.3 Å². The third-order valence-corrected chi connectivity index (χ3v) is 3.85. The van der Waals surface area contributed by atoms with E-state index >= 15 is 0 Å². The van der Waals surface area contributed by atoms with Crippen molar-refractivity contribution in [1.29, 1.82) is 0 Å². The zero-order valence-corrected chi connectivity index (χ0v) is 13.2. The standard InChI is InChI=1S/C14H22N2O3S/c1-10(2)13(14(18)19-4)15-8-12(17)16(3)9-11-6-5-7-20-11/h5-7,10,13,15H,8-9H2,1-4H3. The predicted molar refractivity (Wildman–Crippen MR) is 79.4 cm³/mol. The van der Waals surface area contributed by atoms with E-state index in [1.807, 2.05) is 31.4 Å². The number of likely N-dealkylation sites (N-methyl/N-ethyl adjacent to an activating group) is 1. The Balaban J connectivity index is 2.46. The zero-order chi connectivity index (χ0) is 15.1. The highest BCUT2D eigenvalue weighted by molar-refractivity contribution is 7.09. The first-order chi connectivity index (χ1) is 9.45. The van der Waals surface area contributed by atoms with Crippen LogP contribution in [0.3, 0.4) is 0 Å². The van der Waals surface area contributed by atoms with Gasteiger partial charge in [0.2, 0.25) is 5.91 Å². The number of carbonyl (C=O) groups is 2. The molecular formula is C14H22N2O3S. The minimum absolute atomic E-state index is 0.0482. The summed E-state index contributed by atoms with van der Waals surface area (Å²) in [6, 6.07) is 3.50. The molecule has 1 atom stereocenters. The predicted octanol–water partition coefficient (Wildman–Crippen LogP) is 1.49. The van der Waals surface area contributed by atoms with Crippen molar-refractivity contribution in [2.75, 3.05) is 20.7 Å². The minimum atomic E-state index is -0.459. The fourth-order valence-electron chi connectivity index (χ4n) is 1.77. The van der Waals surface area contributed by atoms with Gasteiger partial charge in [-0.05, 0) is 17.4 Å². The second-order valence-electron chi connectivity index (χ2n) is 4.95. The summed E-state index contributed by atoms with van der Waals surface area (Å²) < 4.78 is 4.73. The lowest BCUT2D eigenvalue weighted by molar-refractivity contribution is -0.144. The van der Waals surface area contributed by atoms with Crippen LogP contribution in [0, 0.1) is 5.92 Å². The monoisotopic (exact) mass is 298 g/mol. The van der Waals surface area contributed by atoms with Crippen LogP contribution >= 0.6 is 11.3 Å². The van der Waals surface area contributed by atoms with Gasteiger partial charge in [0, 0.05) is 11.9 Å². The van der Waals surface area contributed by atoms with E-state index < -0.39 is 6.04 Å². The first kappa shape index (κ1) is 16.7. The van der Waals surface area contributed by atoms with Crippen LogP contribution in [0.4, 0.5) is 0 Å². The van der Waals surface area contributed by atoms with Crippen molar-refractivity contribution in [2.45, 2.75) is 26.4 Å². The van der Waals surface area contributed by atoms with Crippen LogP contribution in [0.2, 0.25) is 0 Å². The molecule has 1 aromatic heterocycles. The lowest BCUT2D eigenvalue weighted by atomic mass is 10.0. The summed E-state index contributed by atoms with van der Waals surface area (Å²) in [6.07, 6.45) is 0. The number of carbonyl (C=O) groups excluding carboxylic acids is 2. The Hall–Kier alpha value is -1.40. The molecule has 1 aromatic rings. The molecule has 1 heterocycles. The Kier molecular flexibility index (Phi) is 6.67. The summed E-state index contributed by atoms with van der Waals surface area (Å²) in [7, 11) is 3.11. The van der Waals surface area contributed by atoms with Gasteiger partial charge >= 0.3 is 5.97 Å². The quantitative estimate of drug-likeness (QED) is 0.775. The van der Waals surface area contributed by atoms with Crippen molar-refractivity contribution >= 4 is 23.2 Å². The summed E-state index contributed by atoms with van der Waals surface area (Å²) in [5.74, 6) is -0.320. The van der Waals surface area contributed by atoms with Crippen LogP contribution in [0.1, 0.15) is 18.7 Å². The maximum atomic E-state index is 12.0. The average Bonchev–Trinajstić information content (AvgIpc) is 2.90. The number of methoxy groups -OCH3 is 1. The van der Waals surface area contributed by atoms with E-state index in [4.69, 9.17) is 4.74 Å². The fourth-order valence-corrected chi connectivity index (χ4v) is 2.53. The highest BCUT2D eigenvalue weighted by Gasteiger charge is 2.23. The van der Waals surface area contributed by atoms with E-state index in [0.717, 1.165) is 4.88 Å². The number of nitrogens with one attached hydrogen (secondary N) is 1. The van der Waals surface area contributed by atoms with Gasteiger partial charge in [-0.2, -0.15) is 0 Å². The molecule has 112 valence electrons. The van der Waals surface area contributed by atoms with Gasteiger partial charge in [-0.3, -0.25) is 14.9 Å². The van der Waals surface area contributed by atoms with E-state index in [1.54, 1.807) is 23.3 Å². The molecule has 0 spiro atoms. The molecule has 0 aromatic carbocycles. The van der Waals surface area contributed by atoms with Crippen LogP contribution in [-0.4, -0.2) is 43.5 Å². The first-order valence-electron chi connectivity index (χ1n) is 6.53. The maximum Gasteiger partial charge on any atom is 0.323 e. The molecule has 5 nitrogen and oxygen atoms in total. The van der Waals surface area contributed by atoms with Crippen LogP contribution in [0.25, 0.3) is 0 Å². The Labute approximate surface area is 123 Å². The first-order valence-corrected chi connectivity index (χ1v) is 7.41. The molecular weight excluding hydrogens is 276 g/mol. The smallest absolute Gasteiger partial charge is 0.323 e. The SMILES string of the molecule is COC(=O)C(NCC(=O)N(C)Cc1cccs1)C(C)C. The van der Waals surface area contributed by atoms with E-state index in [1.165, 1.54) is 7.11 Å². The second kappa shape index (κ2) is 8.01. The summed E-state index contributed by atoms with van der Waals surface area (Å²) in [5.41, 5.74) is 0. The van der Waals surface area contributed by atoms with Gasteiger partial charge in [0.05, 0.1) is 20.2 Å². The number of thiophene rings is 1. The Morgan fingerprint density at radius 1 is 1.45 bits per heavy atom. The third-order valence-electron chi connectivity index (χ3n) is 2.99. The van der Waals surface area contributed by atoms with Crippen LogP contribution in [0.15, 0.2) is 17.5 Å². The van der Waals surface area contributed by atoms with Crippen LogP contribution < -0.4 is 5.32 Å². The van der Waals surface area contributed by atoms with Crippen LogP contribution in [-0.2, 0) is 20.9 Å². The van der Waals surface area contributed by atoms with Gasteiger partial charge < -0.3 is 9.64 Å². The topological polar surface area (TPSA) is 58.6 Å². The molecule has 0 radical (unpaired) electrons. The summed E-state index contributed by atoms with van der Waals surface area (Å²) in [5, 5.41) is 4.95. The van der Waals surface area contributed by atoms with Gasteiger partial charge in [0.15, 0.2) is 0 Å². The van der Waals surface area contributed by atoms with Gasteiger partial charge in [-0.1, -0.05) is 19.9 Å². The maximum absolute atomic E-state index is 12.0. The number of hydrogen-bond donors (Lipinski definition) is 1. The van der Waals surface area contributed by atoms with Gasteiger partial charge in [0.25, 0.3) is 0 Å². The molecule has 6 heteroatoms. The fraction of sp³-hybridized carbons (Fsp3) is 0.571. The summed E-state index contributed by atoms with van der Waals surface area (Å²) in [6.45, 7) is 4.53. The van der Waals surface area contributed by atoms with Gasteiger partial charge in [0.1, 0.15) is 6.04 Å². The zero-order valence-electron chi connectivity index (χ0n) is 12.4. The molecule has 1 unspecified atom stereocenters. The van der Waals surface area contributed by atoms with Crippen molar-refractivity contribution in [3.63, 3.8) is 0 Å². The Morgan fingerprint density at radius 3 is 2.65 bits per heavy atom. The van der Waals surface area contributed by atoms with E-state index in [0.29, 0.717) is 6.54 Å². The summed E-state index contributed by atoms with van der Waals surface area (Å²) >= 11 is 1.62.